The van der Waals surface area contributed by atoms with Gasteiger partial charge in [-0.3, -0.25) is 0 Å². The monoisotopic (exact) mass is 325 g/mol. The van der Waals surface area contributed by atoms with Crippen LogP contribution in [0.25, 0.3) is 0 Å². The fraction of sp³-hybridized carbons (Fsp3) is 0.538. The molecule has 0 unspecified atom stereocenters. The molecule has 0 aliphatic carbocycles. The van der Waals surface area contributed by atoms with Gasteiger partial charge in [0.1, 0.15) is 0 Å². The van der Waals surface area contributed by atoms with Gasteiger partial charge >= 0.3 is 5.76 Å². The Kier molecular flexibility index (Phi) is 5.77. The van der Waals surface area contributed by atoms with Crippen LogP contribution in [-0.4, -0.2) is 26.6 Å². The van der Waals surface area contributed by atoms with Crippen molar-refractivity contribution < 1.29 is 17.2 Å². The summed E-state index contributed by atoms with van der Waals surface area (Å²) in [6, 6.07) is 5.68. The average molecular weight is 326 g/mol. The molecule has 0 bridgehead atoms. The summed E-state index contributed by atoms with van der Waals surface area (Å²) in [4.78, 5) is -0.378. The van der Waals surface area contributed by atoms with E-state index >= 15 is 0 Å². The Morgan fingerprint density at radius 3 is 2.45 bits per heavy atom. The number of anilines is 1. The fourth-order valence-electron chi connectivity index (χ4n) is 1.64. The molecule has 0 saturated heterocycles. The smallest absolute Gasteiger partial charge is 0.341 e. The molecule has 0 heterocycles. The second-order valence-electron chi connectivity index (χ2n) is 5.26. The molecule has 0 aliphatic heterocycles. The fourth-order valence-corrected chi connectivity index (χ4v) is 3.05. The Morgan fingerprint density at radius 1 is 1.30 bits per heavy atom. The van der Waals surface area contributed by atoms with Crippen molar-refractivity contribution in [1.29, 1.82) is 0 Å². The van der Waals surface area contributed by atoms with Gasteiger partial charge in [-0.05, 0) is 24.0 Å². The zero-order valence-electron chi connectivity index (χ0n) is 11.4. The number of alkyl halides is 3. The molecule has 114 valence electrons. The molecule has 1 N–H and O–H groups in total. The summed E-state index contributed by atoms with van der Waals surface area (Å²) in [7, 11) is -4.61. The molecule has 3 nitrogen and oxygen atoms in total. The Bertz CT molecular complexity index is 547. The number of rotatable bonds is 7. The number of nitrogens with one attached hydrogen (secondary N) is 1. The number of halogens is 3. The van der Waals surface area contributed by atoms with Gasteiger partial charge in [0, 0.05) is 12.4 Å². The van der Waals surface area contributed by atoms with Gasteiger partial charge in [-0.15, -0.1) is 11.6 Å². The third-order valence-electron chi connectivity index (χ3n) is 2.96. The lowest BCUT2D eigenvalue weighted by Crippen LogP contribution is -2.24. The first-order valence-corrected chi connectivity index (χ1v) is 8.20. The van der Waals surface area contributed by atoms with Crippen molar-refractivity contribution in [2.75, 3.05) is 17.7 Å². The van der Waals surface area contributed by atoms with Gasteiger partial charge < -0.3 is 5.32 Å². The predicted octanol–water partition coefficient (Wildman–Crippen LogP) is 3.75. The highest BCUT2D eigenvalue weighted by molar-refractivity contribution is 7.91. The highest BCUT2D eigenvalue weighted by Gasteiger charge is 2.29. The summed E-state index contributed by atoms with van der Waals surface area (Å²) < 4.78 is 48.5. The number of benzene rings is 1. The van der Waals surface area contributed by atoms with Crippen LogP contribution in [0.2, 0.25) is 0 Å². The summed E-state index contributed by atoms with van der Waals surface area (Å²) in [5.74, 6) is -2.95. The lowest BCUT2D eigenvalue weighted by atomic mass is 9.90. The number of para-hydroxylation sites is 1. The zero-order chi connectivity index (χ0) is 15.4. The van der Waals surface area contributed by atoms with Crippen molar-refractivity contribution in [1.82, 2.24) is 0 Å². The van der Waals surface area contributed by atoms with Gasteiger partial charge in [0.2, 0.25) is 9.84 Å². The number of hydrogen-bond donors (Lipinski definition) is 1. The molecule has 0 fully saturated rings. The molecule has 0 saturated carbocycles. The maximum Gasteiger partial charge on any atom is 0.341 e. The van der Waals surface area contributed by atoms with Crippen molar-refractivity contribution in [2.45, 2.75) is 30.9 Å². The van der Waals surface area contributed by atoms with E-state index in [2.05, 4.69) is 5.32 Å². The van der Waals surface area contributed by atoms with Crippen molar-refractivity contribution in [2.24, 2.45) is 5.41 Å². The van der Waals surface area contributed by atoms with E-state index in [1.807, 2.05) is 13.8 Å². The highest BCUT2D eigenvalue weighted by atomic mass is 35.5. The predicted molar refractivity (Wildman–Crippen MR) is 77.2 cm³/mol. The van der Waals surface area contributed by atoms with E-state index in [4.69, 9.17) is 11.6 Å². The van der Waals surface area contributed by atoms with Crippen molar-refractivity contribution in [3.05, 3.63) is 24.3 Å². The van der Waals surface area contributed by atoms with Crippen LogP contribution in [0.3, 0.4) is 0 Å². The van der Waals surface area contributed by atoms with Gasteiger partial charge in [-0.25, -0.2) is 8.42 Å². The highest BCUT2D eigenvalue weighted by Crippen LogP contribution is 2.28. The van der Waals surface area contributed by atoms with E-state index < -0.39 is 15.6 Å². The second-order valence-corrected chi connectivity index (χ2v) is 7.52. The van der Waals surface area contributed by atoms with Gasteiger partial charge in [0.05, 0.1) is 10.6 Å². The Morgan fingerprint density at radius 2 is 1.90 bits per heavy atom. The maximum atomic E-state index is 12.6. The van der Waals surface area contributed by atoms with E-state index in [1.54, 1.807) is 6.07 Å². The third-order valence-corrected chi connectivity index (χ3v) is 4.58. The van der Waals surface area contributed by atoms with Crippen molar-refractivity contribution in [3.8, 4) is 0 Å². The van der Waals surface area contributed by atoms with Crippen LogP contribution in [0.4, 0.5) is 14.5 Å². The van der Waals surface area contributed by atoms with Crippen LogP contribution < -0.4 is 5.32 Å². The van der Waals surface area contributed by atoms with Crippen LogP contribution in [-0.2, 0) is 9.84 Å². The van der Waals surface area contributed by atoms with Crippen LogP contribution >= 0.6 is 11.6 Å². The summed E-state index contributed by atoms with van der Waals surface area (Å²) in [6.45, 7) is 4.37. The topological polar surface area (TPSA) is 46.2 Å². The Hall–Kier alpha value is -0.880. The minimum Gasteiger partial charge on any atom is -0.383 e. The Balaban J connectivity index is 2.98. The molecule has 1 rings (SSSR count). The molecule has 0 aromatic heterocycles. The molecule has 0 atom stereocenters. The lowest BCUT2D eigenvalue weighted by Gasteiger charge is -2.25. The average Bonchev–Trinajstić information content (AvgIpc) is 2.36. The first-order chi connectivity index (χ1) is 9.20. The SMILES string of the molecule is CC(C)(CCCl)CNc1ccccc1S(=O)(=O)C(F)F. The summed E-state index contributed by atoms with van der Waals surface area (Å²) in [5, 5.41) is 2.93. The van der Waals surface area contributed by atoms with Crippen LogP contribution in [0.5, 0.6) is 0 Å². The van der Waals surface area contributed by atoms with E-state index in [0.29, 0.717) is 12.4 Å². The minimum atomic E-state index is -4.61. The molecule has 0 aliphatic rings. The molecular formula is C13H18ClF2NO2S. The maximum absolute atomic E-state index is 12.6. The number of sulfone groups is 1. The number of hydrogen-bond acceptors (Lipinski definition) is 3. The van der Waals surface area contributed by atoms with Crippen molar-refractivity contribution in [3.63, 3.8) is 0 Å². The van der Waals surface area contributed by atoms with Gasteiger partial charge in [0.15, 0.2) is 0 Å². The largest absolute Gasteiger partial charge is 0.383 e. The molecule has 1 aromatic rings. The van der Waals surface area contributed by atoms with Crippen LogP contribution in [0.1, 0.15) is 20.3 Å². The normalized spacial score (nSPS) is 12.7. The van der Waals surface area contributed by atoms with E-state index in [9.17, 15) is 17.2 Å². The Labute approximate surface area is 123 Å². The van der Waals surface area contributed by atoms with E-state index in [-0.39, 0.29) is 16.0 Å². The summed E-state index contributed by atoms with van der Waals surface area (Å²) in [6.07, 6.45) is 0.727. The van der Waals surface area contributed by atoms with Crippen LogP contribution in [0.15, 0.2) is 29.2 Å². The van der Waals surface area contributed by atoms with Gasteiger partial charge in [-0.2, -0.15) is 8.78 Å². The summed E-state index contributed by atoms with van der Waals surface area (Å²) in [5.41, 5.74) is 0.0270. The van der Waals surface area contributed by atoms with E-state index in [0.717, 1.165) is 6.42 Å². The molecule has 0 radical (unpaired) electrons. The summed E-state index contributed by atoms with van der Waals surface area (Å²) >= 11 is 5.69. The lowest BCUT2D eigenvalue weighted by molar-refractivity contribution is 0.235. The first kappa shape index (κ1) is 17.2. The first-order valence-electron chi connectivity index (χ1n) is 6.11. The van der Waals surface area contributed by atoms with E-state index in [1.165, 1.54) is 18.2 Å². The quantitative estimate of drug-likeness (QED) is 0.777. The standard InChI is InChI=1S/C13H18ClF2NO2S/c1-13(2,7-8-14)9-17-10-5-3-4-6-11(10)20(18,19)12(15)16/h3-6,12,17H,7-9H2,1-2H3. The molecular weight excluding hydrogens is 308 g/mol. The van der Waals surface area contributed by atoms with Gasteiger partial charge in [0.25, 0.3) is 0 Å². The van der Waals surface area contributed by atoms with Crippen molar-refractivity contribution >= 4 is 27.1 Å². The molecule has 20 heavy (non-hydrogen) atoms. The van der Waals surface area contributed by atoms with Gasteiger partial charge in [-0.1, -0.05) is 26.0 Å². The molecule has 7 heteroatoms. The zero-order valence-corrected chi connectivity index (χ0v) is 12.9. The molecule has 1 aromatic carbocycles. The molecule has 0 amide bonds. The minimum absolute atomic E-state index is 0.163. The second kappa shape index (κ2) is 6.72. The molecule has 0 spiro atoms. The third kappa shape index (κ3) is 4.31. The van der Waals surface area contributed by atoms with Crippen LogP contribution in [0, 0.1) is 5.41 Å².